The number of nitrogens with one attached hydrogen (secondary N) is 1. The standard InChI is InChI=1S/C15H22N4O2/c1-10(2)19-14(12(20-4)9-18-19)13(16-3)11-7-6-8-17-15(11)21-5/h6-10,13,16H,1-5H3. The van der Waals surface area contributed by atoms with Crippen molar-refractivity contribution in [3.8, 4) is 11.6 Å². The second-order valence-electron chi connectivity index (χ2n) is 4.96. The number of aromatic nitrogens is 3. The van der Waals surface area contributed by atoms with Crippen molar-refractivity contribution < 1.29 is 9.47 Å². The maximum Gasteiger partial charge on any atom is 0.218 e. The van der Waals surface area contributed by atoms with Gasteiger partial charge in [0.1, 0.15) is 5.69 Å². The number of ether oxygens (including phenoxy) is 2. The topological polar surface area (TPSA) is 61.2 Å². The van der Waals surface area contributed by atoms with Crippen molar-refractivity contribution in [3.05, 3.63) is 35.8 Å². The van der Waals surface area contributed by atoms with Crippen molar-refractivity contribution in [1.29, 1.82) is 0 Å². The maximum absolute atomic E-state index is 5.47. The molecule has 0 saturated heterocycles. The summed E-state index contributed by atoms with van der Waals surface area (Å²) in [4.78, 5) is 4.27. The SMILES string of the molecule is CNC(c1cccnc1OC)c1c(OC)cnn1C(C)C. The first-order valence-electron chi connectivity index (χ1n) is 6.91. The van der Waals surface area contributed by atoms with Gasteiger partial charge in [-0.15, -0.1) is 0 Å². The van der Waals surface area contributed by atoms with E-state index in [4.69, 9.17) is 9.47 Å². The molecule has 6 nitrogen and oxygen atoms in total. The predicted molar refractivity (Wildman–Crippen MR) is 80.9 cm³/mol. The van der Waals surface area contributed by atoms with Crippen LogP contribution >= 0.6 is 0 Å². The minimum absolute atomic E-state index is 0.117. The quantitative estimate of drug-likeness (QED) is 0.883. The molecule has 114 valence electrons. The molecule has 0 radical (unpaired) electrons. The maximum atomic E-state index is 5.47. The van der Waals surface area contributed by atoms with Crippen LogP contribution in [0.3, 0.4) is 0 Å². The van der Waals surface area contributed by atoms with Gasteiger partial charge in [-0.05, 0) is 27.0 Å². The van der Waals surface area contributed by atoms with E-state index < -0.39 is 0 Å². The van der Waals surface area contributed by atoms with Gasteiger partial charge in [0.2, 0.25) is 5.88 Å². The lowest BCUT2D eigenvalue weighted by atomic mass is 10.0. The minimum atomic E-state index is -0.117. The molecule has 0 aliphatic heterocycles. The second-order valence-corrected chi connectivity index (χ2v) is 4.96. The monoisotopic (exact) mass is 290 g/mol. The zero-order valence-electron chi connectivity index (χ0n) is 13.1. The van der Waals surface area contributed by atoms with E-state index in [1.165, 1.54) is 0 Å². The summed E-state index contributed by atoms with van der Waals surface area (Å²) in [6.45, 7) is 4.17. The first-order valence-corrected chi connectivity index (χ1v) is 6.91. The molecule has 2 heterocycles. The highest BCUT2D eigenvalue weighted by atomic mass is 16.5. The van der Waals surface area contributed by atoms with Crippen molar-refractivity contribution >= 4 is 0 Å². The molecule has 0 bridgehead atoms. The van der Waals surface area contributed by atoms with E-state index in [1.807, 2.05) is 23.9 Å². The lowest BCUT2D eigenvalue weighted by molar-refractivity contribution is 0.377. The highest BCUT2D eigenvalue weighted by Gasteiger charge is 2.26. The highest BCUT2D eigenvalue weighted by Crippen LogP contribution is 2.34. The fraction of sp³-hybridized carbons (Fsp3) is 0.467. The molecule has 0 saturated carbocycles. The number of hydrogen-bond acceptors (Lipinski definition) is 5. The van der Waals surface area contributed by atoms with Gasteiger partial charge >= 0.3 is 0 Å². The Hall–Kier alpha value is -2.08. The van der Waals surface area contributed by atoms with E-state index in [1.54, 1.807) is 26.6 Å². The van der Waals surface area contributed by atoms with Crippen molar-refractivity contribution in [1.82, 2.24) is 20.1 Å². The van der Waals surface area contributed by atoms with E-state index >= 15 is 0 Å². The van der Waals surface area contributed by atoms with E-state index in [-0.39, 0.29) is 12.1 Å². The summed E-state index contributed by atoms with van der Waals surface area (Å²) in [7, 11) is 5.17. The van der Waals surface area contributed by atoms with Gasteiger partial charge in [-0.3, -0.25) is 4.68 Å². The zero-order valence-corrected chi connectivity index (χ0v) is 13.1. The van der Waals surface area contributed by atoms with E-state index in [0.29, 0.717) is 5.88 Å². The Balaban J connectivity index is 2.58. The van der Waals surface area contributed by atoms with Crippen LogP contribution in [-0.2, 0) is 0 Å². The Morgan fingerprint density at radius 2 is 2.00 bits per heavy atom. The average Bonchev–Trinajstić information content (AvgIpc) is 2.92. The van der Waals surface area contributed by atoms with Crippen LogP contribution in [-0.4, -0.2) is 36.0 Å². The molecule has 0 aromatic carbocycles. The Kier molecular flexibility index (Phi) is 4.80. The zero-order chi connectivity index (χ0) is 15.4. The minimum Gasteiger partial charge on any atom is -0.493 e. The summed E-state index contributed by atoms with van der Waals surface area (Å²) in [5.74, 6) is 1.34. The van der Waals surface area contributed by atoms with Gasteiger partial charge in [0.25, 0.3) is 0 Å². The third-order valence-corrected chi connectivity index (χ3v) is 3.37. The second kappa shape index (κ2) is 6.58. The van der Waals surface area contributed by atoms with Crippen LogP contribution < -0.4 is 14.8 Å². The summed E-state index contributed by atoms with van der Waals surface area (Å²) < 4.78 is 12.8. The van der Waals surface area contributed by atoms with Gasteiger partial charge in [0, 0.05) is 17.8 Å². The third kappa shape index (κ3) is 2.85. The van der Waals surface area contributed by atoms with Crippen LogP contribution in [0.15, 0.2) is 24.5 Å². The molecular weight excluding hydrogens is 268 g/mol. The average molecular weight is 290 g/mol. The largest absolute Gasteiger partial charge is 0.493 e. The Morgan fingerprint density at radius 1 is 1.24 bits per heavy atom. The molecule has 0 fully saturated rings. The summed E-state index contributed by atoms with van der Waals surface area (Å²) in [5.41, 5.74) is 1.91. The van der Waals surface area contributed by atoms with E-state index in [0.717, 1.165) is 17.0 Å². The smallest absolute Gasteiger partial charge is 0.218 e. The van der Waals surface area contributed by atoms with Crippen LogP contribution in [0.1, 0.15) is 37.2 Å². The molecule has 0 aliphatic carbocycles. The van der Waals surface area contributed by atoms with E-state index in [2.05, 4.69) is 29.2 Å². The predicted octanol–water partition coefficient (Wildman–Crippen LogP) is 2.18. The van der Waals surface area contributed by atoms with Gasteiger partial charge < -0.3 is 14.8 Å². The van der Waals surface area contributed by atoms with Gasteiger partial charge in [-0.25, -0.2) is 4.98 Å². The lowest BCUT2D eigenvalue weighted by Gasteiger charge is -2.22. The van der Waals surface area contributed by atoms with Crippen molar-refractivity contribution in [2.75, 3.05) is 21.3 Å². The summed E-state index contributed by atoms with van der Waals surface area (Å²) in [6, 6.07) is 3.99. The van der Waals surface area contributed by atoms with Crippen molar-refractivity contribution in [2.24, 2.45) is 0 Å². The molecule has 1 N–H and O–H groups in total. The molecule has 0 spiro atoms. The molecule has 0 aliphatic rings. The van der Waals surface area contributed by atoms with Crippen LogP contribution in [0.2, 0.25) is 0 Å². The van der Waals surface area contributed by atoms with Gasteiger partial charge in [-0.2, -0.15) is 5.10 Å². The van der Waals surface area contributed by atoms with Crippen LogP contribution in [0.5, 0.6) is 11.6 Å². The Bertz CT molecular complexity index is 595. The molecule has 2 rings (SSSR count). The summed E-state index contributed by atoms with van der Waals surface area (Å²) >= 11 is 0. The summed E-state index contributed by atoms with van der Waals surface area (Å²) in [5, 5.41) is 7.73. The lowest BCUT2D eigenvalue weighted by Crippen LogP contribution is -2.23. The number of nitrogens with zero attached hydrogens (tertiary/aromatic N) is 3. The van der Waals surface area contributed by atoms with E-state index in [9.17, 15) is 0 Å². The van der Waals surface area contributed by atoms with Crippen LogP contribution in [0, 0.1) is 0 Å². The molecule has 2 aromatic rings. The molecule has 0 amide bonds. The first kappa shape index (κ1) is 15.3. The molecule has 21 heavy (non-hydrogen) atoms. The number of methoxy groups -OCH3 is 2. The first-order chi connectivity index (χ1) is 10.1. The van der Waals surface area contributed by atoms with Crippen molar-refractivity contribution in [3.63, 3.8) is 0 Å². The number of pyridine rings is 1. The highest BCUT2D eigenvalue weighted by molar-refractivity contribution is 5.40. The molecule has 1 unspecified atom stereocenters. The fourth-order valence-corrected chi connectivity index (χ4v) is 2.43. The molecule has 2 aromatic heterocycles. The Morgan fingerprint density at radius 3 is 2.57 bits per heavy atom. The summed E-state index contributed by atoms with van der Waals surface area (Å²) in [6.07, 6.45) is 3.45. The Labute approximate surface area is 125 Å². The van der Waals surface area contributed by atoms with Gasteiger partial charge in [-0.1, -0.05) is 6.07 Å². The number of rotatable bonds is 6. The third-order valence-electron chi connectivity index (χ3n) is 3.37. The fourth-order valence-electron chi connectivity index (χ4n) is 2.43. The van der Waals surface area contributed by atoms with Crippen LogP contribution in [0.25, 0.3) is 0 Å². The normalized spacial score (nSPS) is 12.5. The number of hydrogen-bond donors (Lipinski definition) is 1. The van der Waals surface area contributed by atoms with Crippen molar-refractivity contribution in [2.45, 2.75) is 25.9 Å². The molecule has 6 heteroatoms. The molecular formula is C15H22N4O2. The van der Waals surface area contributed by atoms with Gasteiger partial charge in [0.15, 0.2) is 5.75 Å². The van der Waals surface area contributed by atoms with Crippen LogP contribution in [0.4, 0.5) is 0 Å². The molecule has 1 atom stereocenters. The van der Waals surface area contributed by atoms with Gasteiger partial charge in [0.05, 0.1) is 26.5 Å².